The van der Waals surface area contributed by atoms with E-state index in [-0.39, 0.29) is 29.0 Å². The fourth-order valence-corrected chi connectivity index (χ4v) is 9.75. The van der Waals surface area contributed by atoms with E-state index in [2.05, 4.69) is 13.8 Å². The lowest BCUT2D eigenvalue weighted by Crippen LogP contribution is -2.64. The van der Waals surface area contributed by atoms with Crippen molar-refractivity contribution in [2.24, 2.45) is 34.5 Å². The summed E-state index contributed by atoms with van der Waals surface area (Å²) >= 11 is 0. The number of ketones is 2. The number of hydrogen-bond acceptors (Lipinski definition) is 5. The van der Waals surface area contributed by atoms with E-state index < -0.39 is 29.0 Å². The Labute approximate surface area is 204 Å². The molecule has 0 aromatic rings. The first-order valence-electron chi connectivity index (χ1n) is 13.9. The van der Waals surface area contributed by atoms with Crippen molar-refractivity contribution in [3.8, 4) is 0 Å². The zero-order chi connectivity index (χ0) is 24.4. The van der Waals surface area contributed by atoms with Gasteiger partial charge in [0.15, 0.2) is 11.6 Å². The Hall–Kier alpha value is -1.04. The van der Waals surface area contributed by atoms with Gasteiger partial charge in [-0.15, -0.1) is 0 Å². The van der Waals surface area contributed by atoms with E-state index in [1.807, 2.05) is 6.08 Å². The highest BCUT2D eigenvalue weighted by molar-refractivity contribution is 5.91. The molecule has 4 saturated carbocycles. The summed E-state index contributed by atoms with van der Waals surface area (Å²) < 4.78 is 0. The molecule has 190 valence electrons. The summed E-state index contributed by atoms with van der Waals surface area (Å²) in [5.74, 6) is 0.530. The highest BCUT2D eigenvalue weighted by atomic mass is 16.3. The molecule has 4 unspecified atom stereocenters. The zero-order valence-electron chi connectivity index (χ0n) is 21.2. The monoisotopic (exact) mass is 472 g/mol. The molecule has 0 amide bonds. The van der Waals surface area contributed by atoms with E-state index in [1.54, 1.807) is 0 Å². The largest absolute Gasteiger partial charge is 0.390 e. The molecule has 5 aliphatic carbocycles. The SMILES string of the molecule is C[C@]12CCC(=O)C=C1CCC1C2C(C2(O)CCCCCCC2)C[C@@]2(C)C1CC[C@]2(O)C(=O)CO. The first-order chi connectivity index (χ1) is 16.1. The van der Waals surface area contributed by atoms with Gasteiger partial charge in [-0.2, -0.15) is 0 Å². The lowest BCUT2D eigenvalue weighted by Gasteiger charge is -2.64. The Morgan fingerprint density at radius 2 is 1.62 bits per heavy atom. The van der Waals surface area contributed by atoms with Crippen LogP contribution in [-0.2, 0) is 9.59 Å². The van der Waals surface area contributed by atoms with Gasteiger partial charge in [0.25, 0.3) is 0 Å². The van der Waals surface area contributed by atoms with Gasteiger partial charge >= 0.3 is 0 Å². The quantitative estimate of drug-likeness (QED) is 0.562. The van der Waals surface area contributed by atoms with Gasteiger partial charge in [0.05, 0.1) is 5.60 Å². The van der Waals surface area contributed by atoms with Crippen LogP contribution in [0.15, 0.2) is 11.6 Å². The second kappa shape index (κ2) is 8.52. The van der Waals surface area contributed by atoms with Gasteiger partial charge in [-0.1, -0.05) is 51.5 Å². The van der Waals surface area contributed by atoms with Crippen molar-refractivity contribution in [3.05, 3.63) is 11.6 Å². The summed E-state index contributed by atoms with van der Waals surface area (Å²) in [5, 5.41) is 33.9. The van der Waals surface area contributed by atoms with E-state index >= 15 is 0 Å². The number of hydrogen-bond donors (Lipinski definition) is 3. The number of carbonyl (C=O) groups excluding carboxylic acids is 2. The molecule has 5 aliphatic rings. The van der Waals surface area contributed by atoms with Gasteiger partial charge < -0.3 is 15.3 Å². The van der Waals surface area contributed by atoms with Crippen LogP contribution in [0.5, 0.6) is 0 Å². The summed E-state index contributed by atoms with van der Waals surface area (Å²) in [6, 6.07) is 0. The van der Waals surface area contributed by atoms with E-state index in [0.717, 1.165) is 64.2 Å². The minimum absolute atomic E-state index is 0.0186. The minimum atomic E-state index is -1.52. The van der Waals surface area contributed by atoms with Gasteiger partial charge in [0, 0.05) is 11.8 Å². The Bertz CT molecular complexity index is 870. The van der Waals surface area contributed by atoms with Crippen molar-refractivity contribution >= 4 is 11.6 Å². The van der Waals surface area contributed by atoms with Crippen LogP contribution in [0.25, 0.3) is 0 Å². The number of rotatable bonds is 3. The molecule has 5 heteroatoms. The second-order valence-corrected chi connectivity index (χ2v) is 13.0. The van der Waals surface area contributed by atoms with E-state index in [1.165, 1.54) is 12.0 Å². The van der Waals surface area contributed by atoms with Crippen molar-refractivity contribution in [2.75, 3.05) is 6.61 Å². The summed E-state index contributed by atoms with van der Waals surface area (Å²) in [6.45, 7) is 3.78. The predicted molar refractivity (Wildman–Crippen MR) is 130 cm³/mol. The van der Waals surface area contributed by atoms with Gasteiger partial charge in [0.1, 0.15) is 12.2 Å². The molecule has 0 aliphatic heterocycles. The van der Waals surface area contributed by atoms with Crippen molar-refractivity contribution < 1.29 is 24.9 Å². The molecule has 5 nitrogen and oxygen atoms in total. The lowest BCUT2D eigenvalue weighted by molar-refractivity contribution is -0.200. The third-order valence-corrected chi connectivity index (χ3v) is 11.6. The molecule has 0 spiro atoms. The Balaban J connectivity index is 1.63. The van der Waals surface area contributed by atoms with Crippen molar-refractivity contribution in [1.29, 1.82) is 0 Å². The molecule has 4 fully saturated rings. The average molecular weight is 473 g/mol. The van der Waals surface area contributed by atoms with Crippen LogP contribution in [-0.4, -0.2) is 44.7 Å². The summed E-state index contributed by atoms with van der Waals surface area (Å²) in [4.78, 5) is 25.3. The molecule has 5 rings (SSSR count). The summed E-state index contributed by atoms with van der Waals surface area (Å²) in [6.07, 6.45) is 14.1. The number of Topliss-reactive ketones (excluding diaryl/α,β-unsaturated/α-hetero) is 1. The lowest BCUT2D eigenvalue weighted by atomic mass is 9.41. The number of fused-ring (bicyclic) bond motifs is 5. The zero-order valence-corrected chi connectivity index (χ0v) is 21.2. The molecule has 0 aromatic carbocycles. The predicted octanol–water partition coefficient (Wildman–Crippen LogP) is 4.51. The van der Waals surface area contributed by atoms with E-state index in [9.17, 15) is 24.9 Å². The van der Waals surface area contributed by atoms with Crippen molar-refractivity contribution in [2.45, 2.75) is 115 Å². The van der Waals surface area contributed by atoms with Gasteiger partial charge in [0.2, 0.25) is 0 Å². The Kier molecular flexibility index (Phi) is 6.18. The van der Waals surface area contributed by atoms with Crippen molar-refractivity contribution in [1.82, 2.24) is 0 Å². The summed E-state index contributed by atoms with van der Waals surface area (Å²) in [7, 11) is 0. The van der Waals surface area contributed by atoms with Crippen LogP contribution in [0.4, 0.5) is 0 Å². The highest BCUT2D eigenvalue weighted by Crippen LogP contribution is 2.71. The Morgan fingerprint density at radius 1 is 0.941 bits per heavy atom. The van der Waals surface area contributed by atoms with Gasteiger partial charge in [-0.05, 0) is 86.5 Å². The number of aliphatic hydroxyl groups excluding tert-OH is 1. The molecular formula is C29H44O5. The fraction of sp³-hybridized carbons (Fsp3) is 0.862. The second-order valence-electron chi connectivity index (χ2n) is 13.0. The fourth-order valence-electron chi connectivity index (χ4n) is 9.75. The molecule has 34 heavy (non-hydrogen) atoms. The van der Waals surface area contributed by atoms with Gasteiger partial charge in [-0.25, -0.2) is 0 Å². The smallest absolute Gasteiger partial charge is 0.190 e. The third-order valence-electron chi connectivity index (χ3n) is 11.6. The van der Waals surface area contributed by atoms with E-state index in [0.29, 0.717) is 25.2 Å². The first-order valence-corrected chi connectivity index (χ1v) is 13.9. The van der Waals surface area contributed by atoms with Gasteiger partial charge in [-0.3, -0.25) is 9.59 Å². The van der Waals surface area contributed by atoms with Crippen LogP contribution in [0.2, 0.25) is 0 Å². The van der Waals surface area contributed by atoms with Crippen LogP contribution in [0.1, 0.15) is 104 Å². The van der Waals surface area contributed by atoms with Crippen LogP contribution in [0.3, 0.4) is 0 Å². The standard InChI is InChI=1S/C29H44O5/c1-26-14-10-20(31)16-19(26)8-9-21-22-11-15-29(34,24(32)18-30)27(22,2)17-23(25(21)26)28(33)12-6-4-3-5-7-13-28/h16,21-23,25,30,33-34H,3-15,17-18H2,1-2H3/t21?,22?,23?,25?,26-,27-,29-/m0/s1. The van der Waals surface area contributed by atoms with Crippen LogP contribution < -0.4 is 0 Å². The van der Waals surface area contributed by atoms with Crippen LogP contribution >= 0.6 is 0 Å². The molecule has 0 bridgehead atoms. The molecular weight excluding hydrogens is 428 g/mol. The molecule has 0 saturated heterocycles. The molecule has 0 heterocycles. The third kappa shape index (κ3) is 3.43. The molecule has 7 atom stereocenters. The maximum absolute atomic E-state index is 12.9. The molecule has 3 N–H and O–H groups in total. The maximum atomic E-state index is 12.9. The average Bonchev–Trinajstić information content (AvgIpc) is 3.07. The normalized spacial score (nSPS) is 46.4. The molecule has 0 aromatic heterocycles. The first kappa shape index (κ1) is 24.6. The number of aliphatic hydroxyl groups is 3. The number of allylic oxidation sites excluding steroid dienone is 1. The highest BCUT2D eigenvalue weighted by Gasteiger charge is 2.70. The topological polar surface area (TPSA) is 94.8 Å². The Morgan fingerprint density at radius 3 is 2.29 bits per heavy atom. The van der Waals surface area contributed by atoms with Crippen molar-refractivity contribution in [3.63, 3.8) is 0 Å². The summed E-state index contributed by atoms with van der Waals surface area (Å²) in [5.41, 5.74) is -1.81. The van der Waals surface area contributed by atoms with Crippen LogP contribution in [0, 0.1) is 34.5 Å². The molecule has 0 radical (unpaired) electrons. The van der Waals surface area contributed by atoms with E-state index in [4.69, 9.17) is 0 Å². The number of carbonyl (C=O) groups is 2. The maximum Gasteiger partial charge on any atom is 0.190 e. The minimum Gasteiger partial charge on any atom is -0.390 e.